The van der Waals surface area contributed by atoms with Gasteiger partial charge >= 0.3 is 5.97 Å². The lowest BCUT2D eigenvalue weighted by atomic mass is 9.82. The van der Waals surface area contributed by atoms with Crippen LogP contribution in [0.5, 0.6) is 0 Å². The minimum absolute atomic E-state index is 0.0416. The Kier molecular flexibility index (Phi) is 12.3. The number of guanidine groups is 1. The number of amidine groups is 1. The van der Waals surface area contributed by atoms with Gasteiger partial charge in [-0.3, -0.25) is 20.0 Å². The van der Waals surface area contributed by atoms with Gasteiger partial charge in [0.2, 0.25) is 11.8 Å². The molecule has 11 nitrogen and oxygen atoms in total. The number of nitrogen functional groups attached to an aromatic ring is 1. The number of hydrogen-bond donors (Lipinski definition) is 7. The minimum atomic E-state index is -1.16. The maximum atomic E-state index is 14.0. The Hall–Kier alpha value is -3.93. The highest BCUT2D eigenvalue weighted by atomic mass is 79.9. The number of halogens is 1. The summed E-state index contributed by atoms with van der Waals surface area (Å²) in [6, 6.07) is 12.6. The summed E-state index contributed by atoms with van der Waals surface area (Å²) in [5.74, 6) is -2.86. The summed E-state index contributed by atoms with van der Waals surface area (Å²) in [5, 5.41) is 23.1. The molecule has 2 amide bonds. The molecule has 0 aromatic heterocycles. The number of carbonyl (C=O) groups excluding carboxylic acids is 2. The second-order valence-electron chi connectivity index (χ2n) is 10.7. The Morgan fingerprint density at radius 3 is 2.29 bits per heavy atom. The van der Waals surface area contributed by atoms with Crippen LogP contribution in [-0.4, -0.2) is 53.3 Å². The van der Waals surface area contributed by atoms with Crippen LogP contribution in [-0.2, 0) is 20.8 Å². The first-order valence-electron chi connectivity index (χ1n) is 14.1. The Morgan fingerprint density at radius 2 is 1.69 bits per heavy atom. The number of amides is 2. The predicted octanol–water partition coefficient (Wildman–Crippen LogP) is 2.75. The zero-order chi connectivity index (χ0) is 30.6. The second-order valence-corrected chi connectivity index (χ2v) is 11.6. The molecule has 3 rings (SSSR count). The maximum Gasteiger partial charge on any atom is 0.326 e. The van der Waals surface area contributed by atoms with Crippen molar-refractivity contribution in [3.8, 4) is 0 Å². The van der Waals surface area contributed by atoms with Gasteiger partial charge < -0.3 is 32.9 Å². The Labute approximate surface area is 254 Å². The average molecular weight is 643 g/mol. The highest BCUT2D eigenvalue weighted by molar-refractivity contribution is 9.10. The van der Waals surface area contributed by atoms with E-state index in [4.69, 9.17) is 22.6 Å². The molecule has 42 heavy (non-hydrogen) atoms. The molecule has 1 fully saturated rings. The molecule has 2 aromatic carbocycles. The number of carbonyl (C=O) groups is 3. The van der Waals surface area contributed by atoms with Crippen LogP contribution in [0.25, 0.3) is 0 Å². The van der Waals surface area contributed by atoms with Gasteiger partial charge in [0.1, 0.15) is 17.9 Å². The molecule has 0 heterocycles. The molecule has 0 aliphatic heterocycles. The van der Waals surface area contributed by atoms with Crippen molar-refractivity contribution in [3.05, 3.63) is 69.7 Å². The van der Waals surface area contributed by atoms with E-state index in [0.29, 0.717) is 18.4 Å². The molecule has 0 radical (unpaired) electrons. The van der Waals surface area contributed by atoms with E-state index in [1.54, 1.807) is 12.1 Å². The summed E-state index contributed by atoms with van der Waals surface area (Å²) in [4.78, 5) is 43.4. The average Bonchev–Trinajstić information content (AvgIpc) is 2.96. The summed E-state index contributed by atoms with van der Waals surface area (Å²) < 4.78 is 0.816. The molecule has 12 heteroatoms. The van der Waals surface area contributed by atoms with Crippen LogP contribution in [0.2, 0.25) is 0 Å². The van der Waals surface area contributed by atoms with Gasteiger partial charge in [0, 0.05) is 16.6 Å². The molecule has 226 valence electrons. The number of rotatable bonds is 14. The topological polar surface area (TPSA) is 210 Å². The molecule has 0 spiro atoms. The Bertz CT molecular complexity index is 1270. The van der Waals surface area contributed by atoms with E-state index in [0.717, 1.165) is 47.7 Å². The number of aliphatic carboxylic acids is 1. The van der Waals surface area contributed by atoms with Gasteiger partial charge in [-0.05, 0) is 61.3 Å². The number of nitrogens with one attached hydrogen (secondary N) is 3. The van der Waals surface area contributed by atoms with E-state index in [9.17, 15) is 19.5 Å². The van der Waals surface area contributed by atoms with E-state index in [2.05, 4.69) is 31.6 Å². The number of carboxylic acid groups (broad SMARTS) is 1. The van der Waals surface area contributed by atoms with Crippen LogP contribution in [0.4, 0.5) is 0 Å². The number of nitrogens with zero attached hydrogens (tertiary/aromatic N) is 1. The fraction of sp³-hybridized carbons (Fsp3) is 0.433. The fourth-order valence-corrected chi connectivity index (χ4v) is 5.70. The van der Waals surface area contributed by atoms with E-state index in [-0.39, 0.29) is 36.6 Å². The third-order valence-corrected chi connectivity index (χ3v) is 8.03. The van der Waals surface area contributed by atoms with Gasteiger partial charge in [-0.1, -0.05) is 71.6 Å². The molecule has 0 saturated heterocycles. The quantitative estimate of drug-likeness (QED) is 0.0930. The smallest absolute Gasteiger partial charge is 0.326 e. The summed E-state index contributed by atoms with van der Waals surface area (Å²) in [6.07, 6.45) is 5.29. The van der Waals surface area contributed by atoms with Crippen molar-refractivity contribution < 1.29 is 19.5 Å². The third kappa shape index (κ3) is 9.86. The molecule has 2 aromatic rings. The monoisotopic (exact) mass is 641 g/mol. The lowest BCUT2D eigenvalue weighted by Gasteiger charge is -2.32. The normalized spacial score (nSPS) is 15.5. The lowest BCUT2D eigenvalue weighted by Crippen LogP contribution is -2.55. The highest BCUT2D eigenvalue weighted by Gasteiger charge is 2.35. The van der Waals surface area contributed by atoms with Crippen molar-refractivity contribution in [2.24, 2.45) is 28.1 Å². The van der Waals surface area contributed by atoms with E-state index < -0.39 is 29.9 Å². The largest absolute Gasteiger partial charge is 0.480 e. The predicted molar refractivity (Wildman–Crippen MR) is 166 cm³/mol. The van der Waals surface area contributed by atoms with Gasteiger partial charge in [-0.25, -0.2) is 4.79 Å². The summed E-state index contributed by atoms with van der Waals surface area (Å²) >= 11 is 3.49. The van der Waals surface area contributed by atoms with Crippen molar-refractivity contribution in [2.45, 2.75) is 69.4 Å². The standard InChI is InChI=1S/C30H40BrN7O4/c31-22-9-4-8-21(17-22)23(16-18-11-13-20(14-12-18)26(32)33)27(39)38-25(19-6-2-1-3-7-19)28(40)37-24(29(41)42)10-5-15-36-30(34)35/h4,8-9,11-14,17,19,23-25H,1-3,5-7,10,15-16H2,(H3,32,33)(H,37,40)(H,38,39)(H,41,42)(H4,34,35,36)/t23?,24-,25-/m0/s1. The third-order valence-electron chi connectivity index (χ3n) is 7.53. The molecule has 3 atom stereocenters. The molecular weight excluding hydrogens is 602 g/mol. The van der Waals surface area contributed by atoms with Gasteiger partial charge in [-0.2, -0.15) is 0 Å². The Morgan fingerprint density at radius 1 is 1.00 bits per heavy atom. The van der Waals surface area contributed by atoms with E-state index >= 15 is 0 Å². The number of carboxylic acids is 1. The van der Waals surface area contributed by atoms with Crippen LogP contribution in [0.1, 0.15) is 67.6 Å². The zero-order valence-electron chi connectivity index (χ0n) is 23.5. The number of aliphatic imine (C=N–C) groups is 1. The molecule has 1 unspecified atom stereocenters. The van der Waals surface area contributed by atoms with Gasteiger partial charge in [0.25, 0.3) is 0 Å². The zero-order valence-corrected chi connectivity index (χ0v) is 25.1. The van der Waals surface area contributed by atoms with Crippen molar-refractivity contribution in [2.75, 3.05) is 6.54 Å². The van der Waals surface area contributed by atoms with Crippen LogP contribution in [0.3, 0.4) is 0 Å². The van der Waals surface area contributed by atoms with Crippen LogP contribution in [0, 0.1) is 11.3 Å². The first-order chi connectivity index (χ1) is 20.0. The number of nitrogens with two attached hydrogens (primary N) is 3. The molecule has 1 aliphatic rings. The van der Waals surface area contributed by atoms with Crippen LogP contribution in [0.15, 0.2) is 58.0 Å². The molecular formula is C30H40BrN7O4. The molecule has 1 saturated carbocycles. The van der Waals surface area contributed by atoms with Crippen molar-refractivity contribution in [1.29, 1.82) is 5.41 Å². The van der Waals surface area contributed by atoms with Gasteiger partial charge in [-0.15, -0.1) is 0 Å². The summed E-state index contributed by atoms with van der Waals surface area (Å²) in [7, 11) is 0. The maximum absolute atomic E-state index is 14.0. The molecule has 10 N–H and O–H groups in total. The van der Waals surface area contributed by atoms with E-state index in [1.165, 1.54) is 0 Å². The Balaban J connectivity index is 1.84. The SMILES string of the molecule is N=C(N)c1ccc(CC(C(=O)N[C@H](C(=O)N[C@@H](CCCN=C(N)N)C(=O)O)C2CCCCC2)c2cccc(Br)c2)cc1. The molecule has 0 bridgehead atoms. The van der Waals surface area contributed by atoms with Crippen molar-refractivity contribution in [1.82, 2.24) is 10.6 Å². The lowest BCUT2D eigenvalue weighted by molar-refractivity contribution is -0.142. The van der Waals surface area contributed by atoms with Crippen LogP contribution >= 0.6 is 15.9 Å². The number of benzene rings is 2. The summed E-state index contributed by atoms with van der Waals surface area (Å²) in [5.41, 5.74) is 18.5. The minimum Gasteiger partial charge on any atom is -0.480 e. The van der Waals surface area contributed by atoms with Crippen molar-refractivity contribution in [3.63, 3.8) is 0 Å². The highest BCUT2D eigenvalue weighted by Crippen LogP contribution is 2.29. The molecule has 1 aliphatic carbocycles. The van der Waals surface area contributed by atoms with Crippen molar-refractivity contribution >= 4 is 45.5 Å². The van der Waals surface area contributed by atoms with Gasteiger partial charge in [0.05, 0.1) is 5.92 Å². The second kappa shape index (κ2) is 15.9. The summed E-state index contributed by atoms with van der Waals surface area (Å²) in [6.45, 7) is 0.243. The first kappa shape index (κ1) is 32.6. The van der Waals surface area contributed by atoms with Gasteiger partial charge in [0.15, 0.2) is 5.96 Å². The van der Waals surface area contributed by atoms with E-state index in [1.807, 2.05) is 36.4 Å². The number of hydrogen-bond acceptors (Lipinski definition) is 5. The first-order valence-corrected chi connectivity index (χ1v) is 14.9. The fourth-order valence-electron chi connectivity index (χ4n) is 5.28. The van der Waals surface area contributed by atoms with Crippen LogP contribution < -0.4 is 27.8 Å².